The minimum absolute atomic E-state index is 0.427. The molecule has 0 bridgehead atoms. The van der Waals surface area contributed by atoms with Crippen molar-refractivity contribution in [2.24, 2.45) is 5.73 Å². The minimum atomic E-state index is 0.427. The van der Waals surface area contributed by atoms with Crippen LogP contribution in [0.2, 0.25) is 0 Å². The molecule has 0 aliphatic heterocycles. The van der Waals surface area contributed by atoms with Crippen molar-refractivity contribution in [1.29, 1.82) is 0 Å². The molecule has 0 fully saturated rings. The van der Waals surface area contributed by atoms with Crippen molar-refractivity contribution in [3.8, 4) is 17.4 Å². The monoisotopic (exact) mass is 322 g/mol. The maximum Gasteiger partial charge on any atom is 0.233 e. The number of rotatable bonds is 4. The predicted octanol–water partition coefficient (Wildman–Crippen LogP) is 3.41. The van der Waals surface area contributed by atoms with E-state index in [0.29, 0.717) is 23.9 Å². The lowest BCUT2D eigenvalue weighted by Crippen LogP contribution is -1.98. The number of ether oxygens (including phenoxy) is 2. The van der Waals surface area contributed by atoms with Crippen molar-refractivity contribution in [3.05, 3.63) is 46.1 Å². The number of aryl methyl sites for hydroxylation is 1. The Bertz CT molecular complexity index is 565. The molecule has 2 rings (SSSR count). The highest BCUT2D eigenvalue weighted by atomic mass is 79.9. The first-order valence-corrected chi connectivity index (χ1v) is 6.59. The SMILES string of the molecule is COc1cc(CN)cc(Oc2ncc(C)cc2Br)c1. The van der Waals surface area contributed by atoms with E-state index in [9.17, 15) is 0 Å². The van der Waals surface area contributed by atoms with Crippen LogP contribution in [0.15, 0.2) is 34.9 Å². The number of halogens is 1. The number of nitrogens with two attached hydrogens (primary N) is 1. The Morgan fingerprint density at radius 1 is 1.21 bits per heavy atom. The van der Waals surface area contributed by atoms with Crippen molar-refractivity contribution >= 4 is 15.9 Å². The van der Waals surface area contributed by atoms with Crippen molar-refractivity contribution in [3.63, 3.8) is 0 Å². The molecule has 1 aromatic heterocycles. The van der Waals surface area contributed by atoms with Crippen LogP contribution in [0.3, 0.4) is 0 Å². The van der Waals surface area contributed by atoms with Gasteiger partial charge in [0.1, 0.15) is 11.5 Å². The lowest BCUT2D eigenvalue weighted by atomic mass is 10.2. The van der Waals surface area contributed by atoms with Gasteiger partial charge < -0.3 is 15.2 Å². The molecule has 100 valence electrons. The standard InChI is InChI=1S/C14H15BrN2O2/c1-9-3-13(15)14(17-8-9)19-12-5-10(7-16)4-11(6-12)18-2/h3-6,8H,7,16H2,1-2H3. The molecule has 0 amide bonds. The first kappa shape index (κ1) is 13.8. The van der Waals surface area contributed by atoms with Crippen molar-refractivity contribution in [1.82, 2.24) is 4.98 Å². The molecule has 0 saturated carbocycles. The van der Waals surface area contributed by atoms with Gasteiger partial charge in [-0.1, -0.05) is 0 Å². The second kappa shape index (κ2) is 6.04. The van der Waals surface area contributed by atoms with Crippen LogP contribution in [0.4, 0.5) is 0 Å². The molecule has 0 aliphatic carbocycles. The molecule has 0 radical (unpaired) electrons. The predicted molar refractivity (Wildman–Crippen MR) is 77.6 cm³/mol. The molecule has 0 unspecified atom stereocenters. The fourth-order valence-corrected chi connectivity index (χ4v) is 2.18. The summed E-state index contributed by atoms with van der Waals surface area (Å²) >= 11 is 3.43. The summed E-state index contributed by atoms with van der Waals surface area (Å²) in [5.74, 6) is 1.87. The lowest BCUT2D eigenvalue weighted by Gasteiger charge is -2.10. The summed E-state index contributed by atoms with van der Waals surface area (Å²) in [6.07, 6.45) is 1.75. The Kier molecular flexibility index (Phi) is 4.39. The van der Waals surface area contributed by atoms with Gasteiger partial charge in [-0.05, 0) is 52.2 Å². The summed E-state index contributed by atoms with van der Waals surface area (Å²) in [5.41, 5.74) is 7.65. The molecule has 4 nitrogen and oxygen atoms in total. The van der Waals surface area contributed by atoms with Crippen molar-refractivity contribution in [2.45, 2.75) is 13.5 Å². The number of hydrogen-bond acceptors (Lipinski definition) is 4. The number of benzene rings is 1. The van der Waals surface area contributed by atoms with Crippen molar-refractivity contribution in [2.75, 3.05) is 7.11 Å². The quantitative estimate of drug-likeness (QED) is 0.937. The summed E-state index contributed by atoms with van der Waals surface area (Å²) in [4.78, 5) is 4.24. The molecule has 5 heteroatoms. The first-order valence-electron chi connectivity index (χ1n) is 5.80. The fraction of sp³-hybridized carbons (Fsp3) is 0.214. The lowest BCUT2D eigenvalue weighted by molar-refractivity contribution is 0.406. The maximum atomic E-state index is 5.76. The highest BCUT2D eigenvalue weighted by Gasteiger charge is 2.07. The van der Waals surface area contributed by atoms with E-state index >= 15 is 0 Å². The summed E-state index contributed by atoms with van der Waals surface area (Å²) in [5, 5.41) is 0. The average molecular weight is 323 g/mol. The van der Waals surface area contributed by atoms with E-state index in [4.69, 9.17) is 15.2 Å². The smallest absolute Gasteiger partial charge is 0.233 e. The number of nitrogens with zero attached hydrogens (tertiary/aromatic N) is 1. The van der Waals surface area contributed by atoms with Gasteiger partial charge >= 0.3 is 0 Å². The van der Waals surface area contributed by atoms with Gasteiger partial charge in [0.05, 0.1) is 11.6 Å². The fourth-order valence-electron chi connectivity index (χ4n) is 1.63. The highest BCUT2D eigenvalue weighted by molar-refractivity contribution is 9.10. The number of pyridine rings is 1. The van der Waals surface area contributed by atoms with Crippen LogP contribution in [0.25, 0.3) is 0 Å². The molecular formula is C14H15BrN2O2. The van der Waals surface area contributed by atoms with Gasteiger partial charge in [-0.25, -0.2) is 4.98 Å². The Balaban J connectivity index is 2.31. The molecule has 1 aromatic carbocycles. The summed E-state index contributed by atoms with van der Waals surface area (Å²) in [6, 6.07) is 7.50. The zero-order valence-electron chi connectivity index (χ0n) is 10.8. The molecular weight excluding hydrogens is 308 g/mol. The van der Waals surface area contributed by atoms with Gasteiger partial charge in [0.2, 0.25) is 5.88 Å². The van der Waals surface area contributed by atoms with Crippen LogP contribution in [0.5, 0.6) is 17.4 Å². The molecule has 0 spiro atoms. The normalized spacial score (nSPS) is 10.3. The molecule has 1 heterocycles. The molecule has 2 N–H and O–H groups in total. The van der Waals surface area contributed by atoms with Crippen LogP contribution in [-0.2, 0) is 6.54 Å². The number of hydrogen-bond donors (Lipinski definition) is 1. The Labute approximate surface area is 120 Å². The van der Waals surface area contributed by atoms with E-state index in [1.807, 2.05) is 25.1 Å². The molecule has 2 aromatic rings. The Hall–Kier alpha value is -1.59. The zero-order chi connectivity index (χ0) is 13.8. The van der Waals surface area contributed by atoms with Gasteiger partial charge in [-0.3, -0.25) is 0 Å². The van der Waals surface area contributed by atoms with E-state index in [-0.39, 0.29) is 0 Å². The summed E-state index contributed by atoms with van der Waals surface area (Å²) in [6.45, 7) is 2.40. The average Bonchev–Trinajstić information content (AvgIpc) is 2.41. The largest absolute Gasteiger partial charge is 0.497 e. The van der Waals surface area contributed by atoms with Gasteiger partial charge in [0.15, 0.2) is 0 Å². The van der Waals surface area contributed by atoms with Gasteiger partial charge in [0.25, 0.3) is 0 Å². The summed E-state index contributed by atoms with van der Waals surface area (Å²) < 4.78 is 11.8. The van der Waals surface area contributed by atoms with Gasteiger partial charge in [-0.2, -0.15) is 0 Å². The maximum absolute atomic E-state index is 5.76. The second-order valence-electron chi connectivity index (χ2n) is 4.12. The van der Waals surface area contributed by atoms with Crippen LogP contribution in [0.1, 0.15) is 11.1 Å². The number of methoxy groups -OCH3 is 1. The van der Waals surface area contributed by atoms with E-state index in [1.165, 1.54) is 0 Å². The third-order valence-electron chi connectivity index (χ3n) is 2.57. The van der Waals surface area contributed by atoms with Gasteiger partial charge in [0, 0.05) is 18.8 Å². The number of aromatic nitrogens is 1. The second-order valence-corrected chi connectivity index (χ2v) is 4.98. The van der Waals surface area contributed by atoms with E-state index in [1.54, 1.807) is 19.4 Å². The topological polar surface area (TPSA) is 57.4 Å². The van der Waals surface area contributed by atoms with Gasteiger partial charge in [-0.15, -0.1) is 0 Å². The minimum Gasteiger partial charge on any atom is -0.497 e. The third-order valence-corrected chi connectivity index (χ3v) is 3.14. The molecule has 19 heavy (non-hydrogen) atoms. The molecule has 0 atom stereocenters. The van der Waals surface area contributed by atoms with Crippen LogP contribution >= 0.6 is 15.9 Å². The van der Waals surface area contributed by atoms with Crippen LogP contribution in [-0.4, -0.2) is 12.1 Å². The Morgan fingerprint density at radius 2 is 1.95 bits per heavy atom. The van der Waals surface area contributed by atoms with Crippen LogP contribution < -0.4 is 15.2 Å². The van der Waals surface area contributed by atoms with Crippen molar-refractivity contribution < 1.29 is 9.47 Å². The Morgan fingerprint density at radius 3 is 2.58 bits per heavy atom. The molecule has 0 saturated heterocycles. The van der Waals surface area contributed by atoms with Crippen LogP contribution in [0, 0.1) is 6.92 Å². The van der Waals surface area contributed by atoms with E-state index in [0.717, 1.165) is 15.6 Å². The third kappa shape index (κ3) is 3.45. The highest BCUT2D eigenvalue weighted by Crippen LogP contribution is 2.30. The summed E-state index contributed by atoms with van der Waals surface area (Å²) in [7, 11) is 1.61. The van der Waals surface area contributed by atoms with E-state index in [2.05, 4.69) is 20.9 Å². The first-order chi connectivity index (χ1) is 9.12. The van der Waals surface area contributed by atoms with E-state index < -0.39 is 0 Å². The molecule has 0 aliphatic rings. The zero-order valence-corrected chi connectivity index (χ0v) is 12.4.